The van der Waals surface area contributed by atoms with Crippen molar-refractivity contribution in [3.05, 3.63) is 86.1 Å². The van der Waals surface area contributed by atoms with E-state index in [2.05, 4.69) is 0 Å². The first kappa shape index (κ1) is 14.2. The van der Waals surface area contributed by atoms with Crippen molar-refractivity contribution in [1.29, 1.82) is 0 Å². The molecule has 2 aromatic rings. The van der Waals surface area contributed by atoms with Crippen LogP contribution in [0.3, 0.4) is 0 Å². The van der Waals surface area contributed by atoms with E-state index in [-0.39, 0.29) is 16.7 Å². The first-order chi connectivity index (χ1) is 10.5. The Morgan fingerprint density at radius 3 is 1.95 bits per heavy atom. The van der Waals surface area contributed by atoms with Gasteiger partial charge in [-0.05, 0) is 17.7 Å². The first-order valence-electron chi connectivity index (χ1n) is 6.33. The third kappa shape index (κ3) is 2.12. The number of hydrogen-bond donors (Lipinski definition) is 0. The SMILES string of the molecule is O=C1C(c2ccc(Cl)cc2)=C([N+](=O)[O-])C(=O)c2ccccc21. The molecule has 0 heterocycles. The van der Waals surface area contributed by atoms with Gasteiger partial charge in [-0.25, -0.2) is 0 Å². The standard InChI is InChI=1S/C16H8ClNO4/c17-10-7-5-9(6-8-10)13-14(18(21)22)16(20)12-4-2-1-3-11(12)15(13)19/h1-8H. The molecule has 0 N–H and O–H groups in total. The molecular weight excluding hydrogens is 306 g/mol. The highest BCUT2D eigenvalue weighted by Gasteiger charge is 2.40. The van der Waals surface area contributed by atoms with Crippen LogP contribution in [0, 0.1) is 10.1 Å². The van der Waals surface area contributed by atoms with Crippen molar-refractivity contribution in [3.8, 4) is 0 Å². The molecule has 2 aromatic carbocycles. The van der Waals surface area contributed by atoms with E-state index >= 15 is 0 Å². The molecule has 0 amide bonds. The number of fused-ring (bicyclic) bond motifs is 1. The van der Waals surface area contributed by atoms with Crippen LogP contribution in [-0.2, 0) is 0 Å². The maximum absolute atomic E-state index is 12.6. The lowest BCUT2D eigenvalue weighted by atomic mass is 9.84. The van der Waals surface area contributed by atoms with Gasteiger partial charge in [0.15, 0.2) is 0 Å². The fourth-order valence-electron chi connectivity index (χ4n) is 2.42. The van der Waals surface area contributed by atoms with E-state index < -0.39 is 22.2 Å². The number of rotatable bonds is 2. The van der Waals surface area contributed by atoms with Crippen molar-refractivity contribution in [1.82, 2.24) is 0 Å². The molecule has 1 aliphatic carbocycles. The summed E-state index contributed by atoms with van der Waals surface area (Å²) in [6.07, 6.45) is 0. The summed E-state index contributed by atoms with van der Waals surface area (Å²) in [5.41, 5.74) is -0.389. The van der Waals surface area contributed by atoms with Crippen LogP contribution in [0.15, 0.2) is 54.2 Å². The van der Waals surface area contributed by atoms with Crippen LogP contribution in [0.5, 0.6) is 0 Å². The Balaban J connectivity index is 2.30. The third-order valence-electron chi connectivity index (χ3n) is 3.41. The minimum Gasteiger partial charge on any atom is -0.288 e. The highest BCUT2D eigenvalue weighted by molar-refractivity contribution is 6.40. The number of carbonyl (C=O) groups excluding carboxylic acids is 2. The number of halogens is 1. The fourth-order valence-corrected chi connectivity index (χ4v) is 2.55. The summed E-state index contributed by atoms with van der Waals surface area (Å²) in [5.74, 6) is -1.30. The average molecular weight is 314 g/mol. The topological polar surface area (TPSA) is 77.3 Å². The average Bonchev–Trinajstić information content (AvgIpc) is 2.51. The lowest BCUT2D eigenvalue weighted by Gasteiger charge is -2.16. The van der Waals surface area contributed by atoms with Gasteiger partial charge in [-0.3, -0.25) is 19.7 Å². The van der Waals surface area contributed by atoms with Crippen molar-refractivity contribution in [2.75, 3.05) is 0 Å². The van der Waals surface area contributed by atoms with E-state index in [1.54, 1.807) is 12.1 Å². The normalized spacial score (nSPS) is 14.0. The molecule has 0 saturated carbocycles. The summed E-state index contributed by atoms with van der Waals surface area (Å²) in [4.78, 5) is 35.5. The smallest absolute Gasteiger partial charge is 0.288 e. The van der Waals surface area contributed by atoms with Gasteiger partial charge in [0.05, 0.1) is 4.92 Å². The molecule has 0 aliphatic heterocycles. The Hall–Kier alpha value is -2.79. The number of ketones is 2. The van der Waals surface area contributed by atoms with Gasteiger partial charge in [-0.15, -0.1) is 0 Å². The van der Waals surface area contributed by atoms with Crippen LogP contribution in [0.1, 0.15) is 26.3 Å². The summed E-state index contributed by atoms with van der Waals surface area (Å²) in [6, 6.07) is 12.1. The van der Waals surface area contributed by atoms with E-state index in [0.717, 1.165) is 0 Å². The summed E-state index contributed by atoms with van der Waals surface area (Å²) in [6.45, 7) is 0. The zero-order chi connectivity index (χ0) is 15.9. The number of allylic oxidation sites excluding steroid dienone is 2. The van der Waals surface area contributed by atoms with E-state index in [0.29, 0.717) is 10.6 Å². The number of Topliss-reactive ketones (excluding diaryl/α,β-unsaturated/α-hetero) is 2. The Morgan fingerprint density at radius 2 is 1.41 bits per heavy atom. The zero-order valence-corrected chi connectivity index (χ0v) is 11.8. The largest absolute Gasteiger partial charge is 0.328 e. The van der Waals surface area contributed by atoms with Crippen LogP contribution >= 0.6 is 11.6 Å². The van der Waals surface area contributed by atoms with Crippen molar-refractivity contribution < 1.29 is 14.5 Å². The molecule has 0 radical (unpaired) electrons. The molecule has 22 heavy (non-hydrogen) atoms. The second-order valence-corrected chi connectivity index (χ2v) is 5.13. The van der Waals surface area contributed by atoms with Crippen molar-refractivity contribution in [3.63, 3.8) is 0 Å². The predicted octanol–water partition coefficient (Wildman–Crippen LogP) is 3.41. The monoisotopic (exact) mass is 313 g/mol. The summed E-state index contributed by atoms with van der Waals surface area (Å²) < 4.78 is 0. The van der Waals surface area contributed by atoms with Gasteiger partial charge in [0, 0.05) is 16.1 Å². The summed E-state index contributed by atoms with van der Waals surface area (Å²) in [5, 5.41) is 11.8. The molecule has 0 bridgehead atoms. The maximum atomic E-state index is 12.6. The number of hydrogen-bond acceptors (Lipinski definition) is 4. The van der Waals surface area contributed by atoms with Gasteiger partial charge < -0.3 is 0 Å². The predicted molar refractivity (Wildman–Crippen MR) is 80.5 cm³/mol. The molecule has 108 valence electrons. The van der Waals surface area contributed by atoms with Crippen molar-refractivity contribution in [2.24, 2.45) is 0 Å². The van der Waals surface area contributed by atoms with Crippen LogP contribution < -0.4 is 0 Å². The van der Waals surface area contributed by atoms with Gasteiger partial charge in [-0.2, -0.15) is 0 Å². The zero-order valence-electron chi connectivity index (χ0n) is 11.1. The Bertz CT molecular complexity index is 853. The number of benzene rings is 2. The molecule has 3 rings (SSSR count). The summed E-state index contributed by atoms with van der Waals surface area (Å²) >= 11 is 5.79. The molecule has 1 aliphatic rings. The third-order valence-corrected chi connectivity index (χ3v) is 3.66. The quantitative estimate of drug-likeness (QED) is 0.629. The molecule has 5 nitrogen and oxygen atoms in total. The minimum absolute atomic E-state index is 0.0527. The van der Waals surface area contributed by atoms with Gasteiger partial charge in [0.2, 0.25) is 5.78 Å². The van der Waals surface area contributed by atoms with Crippen molar-refractivity contribution in [2.45, 2.75) is 0 Å². The molecule has 0 fully saturated rings. The molecule has 0 atom stereocenters. The van der Waals surface area contributed by atoms with E-state index in [1.165, 1.54) is 36.4 Å². The lowest BCUT2D eigenvalue weighted by Crippen LogP contribution is -2.25. The Labute approximate surface area is 130 Å². The Kier molecular flexibility index (Phi) is 3.35. The molecule has 0 spiro atoms. The van der Waals surface area contributed by atoms with Gasteiger partial charge in [0.25, 0.3) is 5.78 Å². The number of nitrogens with zero attached hydrogens (tertiary/aromatic N) is 1. The number of carbonyl (C=O) groups is 2. The maximum Gasteiger partial charge on any atom is 0.328 e. The van der Waals surface area contributed by atoms with Crippen LogP contribution in [0.25, 0.3) is 5.57 Å². The van der Waals surface area contributed by atoms with Crippen molar-refractivity contribution >= 4 is 28.7 Å². The van der Waals surface area contributed by atoms with Crippen LogP contribution in [0.2, 0.25) is 5.02 Å². The Morgan fingerprint density at radius 1 is 0.864 bits per heavy atom. The summed E-state index contributed by atoms with van der Waals surface area (Å²) in [7, 11) is 0. The van der Waals surface area contributed by atoms with Crippen LogP contribution in [-0.4, -0.2) is 16.5 Å². The van der Waals surface area contributed by atoms with E-state index in [1.807, 2.05) is 0 Å². The van der Waals surface area contributed by atoms with E-state index in [4.69, 9.17) is 11.6 Å². The van der Waals surface area contributed by atoms with Gasteiger partial charge in [0.1, 0.15) is 5.57 Å². The van der Waals surface area contributed by atoms with Gasteiger partial charge >= 0.3 is 5.70 Å². The second-order valence-electron chi connectivity index (χ2n) is 4.69. The highest BCUT2D eigenvalue weighted by Crippen LogP contribution is 2.33. The lowest BCUT2D eigenvalue weighted by molar-refractivity contribution is -0.415. The van der Waals surface area contributed by atoms with Crippen LogP contribution in [0.4, 0.5) is 0 Å². The molecule has 0 saturated heterocycles. The number of nitro groups is 1. The molecular formula is C16H8ClNO4. The second kappa shape index (κ2) is 5.20. The molecule has 0 aromatic heterocycles. The molecule has 6 heteroatoms. The molecule has 0 unspecified atom stereocenters. The minimum atomic E-state index is -0.805. The van der Waals surface area contributed by atoms with E-state index in [9.17, 15) is 19.7 Å². The first-order valence-corrected chi connectivity index (χ1v) is 6.71. The highest BCUT2D eigenvalue weighted by atomic mass is 35.5. The fraction of sp³-hybridized carbons (Fsp3) is 0. The van der Waals surface area contributed by atoms with Gasteiger partial charge in [-0.1, -0.05) is 48.0 Å².